The van der Waals surface area contributed by atoms with Crippen LogP contribution in [-0.2, 0) is 20.3 Å². The lowest BCUT2D eigenvalue weighted by molar-refractivity contribution is -0.137. The summed E-state index contributed by atoms with van der Waals surface area (Å²) in [5, 5.41) is 0. The molecule has 2 rings (SSSR count). The van der Waals surface area contributed by atoms with Crippen LogP contribution in [0.3, 0.4) is 0 Å². The summed E-state index contributed by atoms with van der Waals surface area (Å²) in [5.41, 5.74) is -1.31. The van der Waals surface area contributed by atoms with Gasteiger partial charge in [-0.1, -0.05) is 0 Å². The van der Waals surface area contributed by atoms with Crippen LogP contribution in [0, 0.1) is 0 Å². The van der Waals surface area contributed by atoms with Crippen molar-refractivity contribution >= 4 is 17.6 Å². The fourth-order valence-corrected chi connectivity index (χ4v) is 3.96. The lowest BCUT2D eigenvalue weighted by Crippen LogP contribution is -2.41. The van der Waals surface area contributed by atoms with E-state index in [1.54, 1.807) is 18.8 Å². The molecule has 10 heteroatoms. The van der Waals surface area contributed by atoms with Crippen LogP contribution >= 0.6 is 11.8 Å². The van der Waals surface area contributed by atoms with Crippen molar-refractivity contribution < 1.29 is 13.2 Å². The number of aromatic nitrogens is 2. The second-order valence-corrected chi connectivity index (χ2v) is 8.71. The number of benzene rings is 1. The van der Waals surface area contributed by atoms with Crippen molar-refractivity contribution in [3.8, 4) is 0 Å². The summed E-state index contributed by atoms with van der Waals surface area (Å²) < 4.78 is 40.3. The summed E-state index contributed by atoms with van der Waals surface area (Å²) in [6.45, 7) is 2.32. The van der Waals surface area contributed by atoms with Gasteiger partial charge in [-0.05, 0) is 56.5 Å². The van der Waals surface area contributed by atoms with E-state index in [0.717, 1.165) is 53.3 Å². The number of thioether (sulfide) groups is 1. The molecule has 0 N–H and O–H groups in total. The van der Waals surface area contributed by atoms with Gasteiger partial charge in [-0.3, -0.25) is 13.9 Å². The van der Waals surface area contributed by atoms with Crippen LogP contribution in [0.4, 0.5) is 19.0 Å². The highest BCUT2D eigenvalue weighted by atomic mass is 32.2. The summed E-state index contributed by atoms with van der Waals surface area (Å²) in [7, 11) is 6.96. The number of alkyl halides is 3. The van der Waals surface area contributed by atoms with Crippen LogP contribution in [0.2, 0.25) is 0 Å². The zero-order chi connectivity index (χ0) is 23.2. The second kappa shape index (κ2) is 10.9. The predicted octanol–water partition coefficient (Wildman–Crippen LogP) is 3.04. The molecule has 1 heterocycles. The smallest absolute Gasteiger partial charge is 0.360 e. The molecular formula is C21H29F3N4O2S. The molecule has 0 aliphatic heterocycles. The first-order chi connectivity index (χ1) is 14.5. The van der Waals surface area contributed by atoms with Gasteiger partial charge in [-0.25, -0.2) is 4.79 Å². The number of hydrogen-bond donors (Lipinski definition) is 0. The van der Waals surface area contributed by atoms with Crippen molar-refractivity contribution in [1.82, 2.24) is 14.0 Å². The van der Waals surface area contributed by atoms with Crippen molar-refractivity contribution in [3.63, 3.8) is 0 Å². The van der Waals surface area contributed by atoms with Crippen LogP contribution in [0.1, 0.15) is 18.4 Å². The first-order valence-electron chi connectivity index (χ1n) is 9.97. The van der Waals surface area contributed by atoms with E-state index in [1.165, 1.54) is 29.8 Å². The minimum Gasteiger partial charge on any atom is -0.360 e. The van der Waals surface area contributed by atoms with E-state index in [2.05, 4.69) is 4.90 Å². The summed E-state index contributed by atoms with van der Waals surface area (Å²) >= 11 is 1.55. The molecule has 0 unspecified atom stereocenters. The molecule has 0 atom stereocenters. The predicted molar refractivity (Wildman–Crippen MR) is 119 cm³/mol. The highest BCUT2D eigenvalue weighted by Gasteiger charge is 2.29. The van der Waals surface area contributed by atoms with Crippen LogP contribution in [0.5, 0.6) is 0 Å². The van der Waals surface area contributed by atoms with Gasteiger partial charge < -0.3 is 9.80 Å². The maximum atomic E-state index is 12.6. The number of hydrogen-bond acceptors (Lipinski definition) is 5. The molecule has 0 fully saturated rings. The molecular weight excluding hydrogens is 429 g/mol. The number of likely N-dealkylation sites (N-methyl/N-ethyl adjacent to an activating group) is 2. The zero-order valence-electron chi connectivity index (χ0n) is 18.3. The number of rotatable bonds is 10. The summed E-state index contributed by atoms with van der Waals surface area (Å²) in [6.07, 6.45) is -2.38. The van der Waals surface area contributed by atoms with E-state index in [-0.39, 0.29) is 11.2 Å². The van der Waals surface area contributed by atoms with E-state index in [0.29, 0.717) is 12.4 Å². The molecule has 0 saturated carbocycles. The lowest BCUT2D eigenvalue weighted by atomic mass is 10.2. The van der Waals surface area contributed by atoms with E-state index >= 15 is 0 Å². The molecule has 0 spiro atoms. The van der Waals surface area contributed by atoms with Crippen LogP contribution in [0.15, 0.2) is 44.8 Å². The highest BCUT2D eigenvalue weighted by molar-refractivity contribution is 7.99. The van der Waals surface area contributed by atoms with Crippen molar-refractivity contribution in [2.24, 2.45) is 14.1 Å². The topological polar surface area (TPSA) is 50.5 Å². The van der Waals surface area contributed by atoms with Gasteiger partial charge in [0.15, 0.2) is 0 Å². The normalized spacial score (nSPS) is 11.9. The average Bonchev–Trinajstić information content (AvgIpc) is 2.72. The van der Waals surface area contributed by atoms with Gasteiger partial charge in [0.1, 0.15) is 5.82 Å². The first-order valence-corrected chi connectivity index (χ1v) is 11.0. The van der Waals surface area contributed by atoms with Gasteiger partial charge in [0.25, 0.3) is 5.56 Å². The molecule has 2 aromatic rings. The molecule has 6 nitrogen and oxygen atoms in total. The Morgan fingerprint density at radius 1 is 0.935 bits per heavy atom. The van der Waals surface area contributed by atoms with Gasteiger partial charge in [-0.15, -0.1) is 11.8 Å². The van der Waals surface area contributed by atoms with E-state index in [9.17, 15) is 22.8 Å². The molecule has 0 amide bonds. The number of unbranched alkanes of at least 4 members (excludes halogenated alkanes) is 1. The van der Waals surface area contributed by atoms with Crippen molar-refractivity contribution in [2.45, 2.75) is 23.9 Å². The number of nitrogens with zero attached hydrogens (tertiary/aromatic N) is 4. The highest BCUT2D eigenvalue weighted by Crippen LogP contribution is 2.30. The Kier molecular flexibility index (Phi) is 8.81. The molecule has 1 aromatic carbocycles. The quantitative estimate of drug-likeness (QED) is 0.405. The van der Waals surface area contributed by atoms with Crippen molar-refractivity contribution in [2.75, 3.05) is 44.4 Å². The van der Waals surface area contributed by atoms with Crippen LogP contribution in [0.25, 0.3) is 0 Å². The fourth-order valence-electron chi connectivity index (χ4n) is 3.05. The largest absolute Gasteiger partial charge is 0.416 e. The molecule has 0 radical (unpaired) electrons. The third-order valence-electron chi connectivity index (χ3n) is 5.09. The van der Waals surface area contributed by atoms with Crippen molar-refractivity contribution in [1.29, 1.82) is 0 Å². The molecule has 172 valence electrons. The maximum Gasteiger partial charge on any atom is 0.416 e. The molecule has 0 saturated heterocycles. The Morgan fingerprint density at radius 3 is 2.19 bits per heavy atom. The van der Waals surface area contributed by atoms with Gasteiger partial charge in [0, 0.05) is 45.2 Å². The maximum absolute atomic E-state index is 12.6. The number of halogens is 3. The van der Waals surface area contributed by atoms with Gasteiger partial charge in [-0.2, -0.15) is 13.2 Å². The molecule has 1 aromatic heterocycles. The van der Waals surface area contributed by atoms with E-state index in [1.807, 2.05) is 19.0 Å². The monoisotopic (exact) mass is 458 g/mol. The van der Waals surface area contributed by atoms with Gasteiger partial charge >= 0.3 is 11.9 Å². The zero-order valence-corrected chi connectivity index (χ0v) is 19.1. The standard InChI is InChI=1S/C21H29F3N4O2S/c1-25(12-13-26(2)18-15-19(29)28(4)20(30)27(18)3)11-5-6-14-31-17-9-7-16(8-10-17)21(22,23)24/h7-10,15H,5-6,11-14H2,1-4H3. The third kappa shape index (κ3) is 7.17. The number of anilines is 1. The van der Waals surface area contributed by atoms with Crippen LogP contribution < -0.4 is 16.1 Å². The Morgan fingerprint density at radius 2 is 1.58 bits per heavy atom. The fraction of sp³-hybridized carbons (Fsp3) is 0.524. The van der Waals surface area contributed by atoms with Crippen LogP contribution in [-0.4, -0.2) is 53.5 Å². The second-order valence-electron chi connectivity index (χ2n) is 7.54. The molecule has 0 aliphatic rings. The van der Waals surface area contributed by atoms with E-state index in [4.69, 9.17) is 0 Å². The molecule has 0 bridgehead atoms. The lowest BCUT2D eigenvalue weighted by Gasteiger charge is -2.25. The van der Waals surface area contributed by atoms with Crippen molar-refractivity contribution in [3.05, 3.63) is 56.7 Å². The third-order valence-corrected chi connectivity index (χ3v) is 6.19. The Labute approximate surface area is 184 Å². The minimum absolute atomic E-state index is 0.330. The Bertz CT molecular complexity index is 971. The van der Waals surface area contributed by atoms with E-state index < -0.39 is 11.7 Å². The summed E-state index contributed by atoms with van der Waals surface area (Å²) in [4.78, 5) is 28.8. The average molecular weight is 459 g/mol. The van der Waals surface area contributed by atoms with Gasteiger partial charge in [0.2, 0.25) is 0 Å². The minimum atomic E-state index is -4.30. The van der Waals surface area contributed by atoms with Gasteiger partial charge in [0.05, 0.1) is 5.56 Å². The SMILES string of the molecule is CN(CCCCSc1ccc(C(F)(F)F)cc1)CCN(C)c1cc(=O)n(C)c(=O)n1C. The molecule has 0 aliphatic carbocycles. The summed E-state index contributed by atoms with van der Waals surface area (Å²) in [6, 6.07) is 6.72. The Balaban J connectivity index is 1.70. The molecule has 31 heavy (non-hydrogen) atoms. The summed E-state index contributed by atoms with van der Waals surface area (Å²) in [5.74, 6) is 1.42. The first kappa shape index (κ1) is 25.1. The Hall–Kier alpha value is -2.20.